The lowest BCUT2D eigenvalue weighted by molar-refractivity contribution is 0.217. The molecule has 3 rings (SSSR count). The molecule has 0 saturated carbocycles. The summed E-state index contributed by atoms with van der Waals surface area (Å²) in [4.78, 5) is 4.39. The van der Waals surface area contributed by atoms with Crippen LogP contribution in [0.25, 0.3) is 10.9 Å². The minimum absolute atomic E-state index is 0.489. The van der Waals surface area contributed by atoms with E-state index in [4.69, 9.17) is 9.47 Å². The third kappa shape index (κ3) is 3.45. The van der Waals surface area contributed by atoms with E-state index in [1.807, 2.05) is 30.3 Å². The summed E-state index contributed by atoms with van der Waals surface area (Å²) in [5.41, 5.74) is 4.46. The minimum Gasteiger partial charge on any atom is -0.489 e. The van der Waals surface area contributed by atoms with Crippen LogP contribution in [0.2, 0.25) is 0 Å². The number of hydrogen-bond acceptors (Lipinski definition) is 3. The quantitative estimate of drug-likeness (QED) is 0.645. The molecule has 2 aromatic carbocycles. The first-order valence-corrected chi connectivity index (χ1v) is 7.82. The van der Waals surface area contributed by atoms with Crippen molar-refractivity contribution in [1.29, 1.82) is 0 Å². The van der Waals surface area contributed by atoms with Crippen molar-refractivity contribution in [3.63, 3.8) is 0 Å². The Hall–Kier alpha value is -2.55. The van der Waals surface area contributed by atoms with Crippen molar-refractivity contribution >= 4 is 10.9 Å². The van der Waals surface area contributed by atoms with Gasteiger partial charge in [-0.1, -0.05) is 35.9 Å². The zero-order valence-electron chi connectivity index (χ0n) is 13.8. The van der Waals surface area contributed by atoms with Crippen molar-refractivity contribution in [2.24, 2.45) is 0 Å². The van der Waals surface area contributed by atoms with E-state index < -0.39 is 0 Å². The highest BCUT2D eigenvalue weighted by molar-refractivity contribution is 5.84. The summed E-state index contributed by atoms with van der Waals surface area (Å²) in [6, 6.07) is 14.2. The Morgan fingerprint density at radius 2 is 1.57 bits per heavy atom. The molecule has 0 saturated heterocycles. The third-order valence-corrected chi connectivity index (χ3v) is 3.79. The lowest BCUT2D eigenvalue weighted by Crippen LogP contribution is -2.10. The Bertz CT molecular complexity index is 798. The van der Waals surface area contributed by atoms with Gasteiger partial charge in [-0.05, 0) is 44.0 Å². The normalized spacial score (nSPS) is 10.7. The molecule has 0 amide bonds. The van der Waals surface area contributed by atoms with Crippen LogP contribution in [0.4, 0.5) is 0 Å². The summed E-state index contributed by atoms with van der Waals surface area (Å²) in [5.74, 6) is 1.75. The average molecular weight is 307 g/mol. The molecule has 3 aromatic rings. The van der Waals surface area contributed by atoms with E-state index in [2.05, 4.69) is 37.9 Å². The standard InChI is InChI=1S/C20H21NO2/c1-14-12-15(2)20(16(3)13-14)23-11-10-22-18-8-4-6-17-7-5-9-21-19(17)18/h4-9,12-13H,10-11H2,1-3H3. The molecule has 0 bridgehead atoms. The molecule has 0 spiro atoms. The van der Waals surface area contributed by atoms with Crippen molar-refractivity contribution in [1.82, 2.24) is 4.98 Å². The number of hydrogen-bond donors (Lipinski definition) is 0. The van der Waals surface area contributed by atoms with E-state index in [0.717, 1.165) is 33.5 Å². The van der Waals surface area contributed by atoms with Gasteiger partial charge in [0.1, 0.15) is 30.2 Å². The minimum atomic E-state index is 0.489. The Labute approximate surface area is 136 Å². The van der Waals surface area contributed by atoms with Gasteiger partial charge in [0.2, 0.25) is 0 Å². The van der Waals surface area contributed by atoms with Crippen LogP contribution in [0, 0.1) is 20.8 Å². The van der Waals surface area contributed by atoms with E-state index in [9.17, 15) is 0 Å². The molecular weight excluding hydrogens is 286 g/mol. The van der Waals surface area contributed by atoms with Gasteiger partial charge < -0.3 is 9.47 Å². The topological polar surface area (TPSA) is 31.4 Å². The molecule has 0 aliphatic rings. The van der Waals surface area contributed by atoms with E-state index in [1.165, 1.54) is 5.56 Å². The molecule has 0 N–H and O–H groups in total. The number of ether oxygens (including phenoxy) is 2. The van der Waals surface area contributed by atoms with Gasteiger partial charge in [0.25, 0.3) is 0 Å². The van der Waals surface area contributed by atoms with Gasteiger partial charge >= 0.3 is 0 Å². The smallest absolute Gasteiger partial charge is 0.145 e. The fourth-order valence-electron chi connectivity index (χ4n) is 2.88. The van der Waals surface area contributed by atoms with Crippen molar-refractivity contribution < 1.29 is 9.47 Å². The van der Waals surface area contributed by atoms with Crippen LogP contribution in [-0.2, 0) is 0 Å². The monoisotopic (exact) mass is 307 g/mol. The predicted octanol–water partition coefficient (Wildman–Crippen LogP) is 4.62. The molecule has 0 fully saturated rings. The summed E-state index contributed by atoms with van der Waals surface area (Å²) in [7, 11) is 0. The number of para-hydroxylation sites is 1. The Morgan fingerprint density at radius 3 is 2.35 bits per heavy atom. The van der Waals surface area contributed by atoms with Gasteiger partial charge in [-0.25, -0.2) is 0 Å². The van der Waals surface area contributed by atoms with Crippen LogP contribution in [0.5, 0.6) is 11.5 Å². The first kappa shape index (κ1) is 15.3. The fourth-order valence-corrected chi connectivity index (χ4v) is 2.88. The molecule has 0 radical (unpaired) electrons. The largest absolute Gasteiger partial charge is 0.489 e. The van der Waals surface area contributed by atoms with Crippen LogP contribution >= 0.6 is 0 Å². The molecule has 118 valence electrons. The fraction of sp³-hybridized carbons (Fsp3) is 0.250. The highest BCUT2D eigenvalue weighted by Gasteiger charge is 2.06. The molecule has 1 aromatic heterocycles. The van der Waals surface area contributed by atoms with Crippen LogP contribution in [-0.4, -0.2) is 18.2 Å². The summed E-state index contributed by atoms with van der Waals surface area (Å²) in [6.07, 6.45) is 1.78. The second kappa shape index (κ2) is 6.69. The van der Waals surface area contributed by atoms with Gasteiger partial charge in [0.05, 0.1) is 0 Å². The average Bonchev–Trinajstić information content (AvgIpc) is 2.53. The first-order valence-electron chi connectivity index (χ1n) is 7.82. The summed E-state index contributed by atoms with van der Waals surface area (Å²) >= 11 is 0. The van der Waals surface area contributed by atoms with Crippen LogP contribution in [0.15, 0.2) is 48.7 Å². The van der Waals surface area contributed by atoms with Crippen molar-refractivity contribution in [3.05, 3.63) is 65.4 Å². The van der Waals surface area contributed by atoms with Crippen LogP contribution in [0.3, 0.4) is 0 Å². The highest BCUT2D eigenvalue weighted by atomic mass is 16.5. The molecule has 0 unspecified atom stereocenters. The molecule has 0 atom stereocenters. The number of aryl methyl sites for hydroxylation is 3. The van der Waals surface area contributed by atoms with E-state index in [0.29, 0.717) is 13.2 Å². The van der Waals surface area contributed by atoms with Crippen LogP contribution < -0.4 is 9.47 Å². The lowest BCUT2D eigenvalue weighted by atomic mass is 10.1. The highest BCUT2D eigenvalue weighted by Crippen LogP contribution is 2.25. The van der Waals surface area contributed by atoms with Gasteiger partial charge in [0, 0.05) is 11.6 Å². The Balaban J connectivity index is 1.64. The van der Waals surface area contributed by atoms with Gasteiger partial charge in [-0.3, -0.25) is 4.98 Å². The second-order valence-corrected chi connectivity index (χ2v) is 5.76. The van der Waals surface area contributed by atoms with E-state index >= 15 is 0 Å². The Morgan fingerprint density at radius 1 is 0.870 bits per heavy atom. The Kier molecular flexibility index (Phi) is 4.47. The number of aromatic nitrogens is 1. The lowest BCUT2D eigenvalue weighted by Gasteiger charge is -2.14. The molecule has 23 heavy (non-hydrogen) atoms. The summed E-state index contributed by atoms with van der Waals surface area (Å²) in [6.45, 7) is 7.24. The maximum Gasteiger partial charge on any atom is 0.145 e. The molecule has 1 heterocycles. The maximum atomic E-state index is 5.91. The molecule has 0 aliphatic carbocycles. The predicted molar refractivity (Wildman–Crippen MR) is 93.4 cm³/mol. The number of pyridine rings is 1. The molecule has 3 nitrogen and oxygen atoms in total. The number of fused-ring (bicyclic) bond motifs is 1. The van der Waals surface area contributed by atoms with Gasteiger partial charge in [-0.2, -0.15) is 0 Å². The SMILES string of the molecule is Cc1cc(C)c(OCCOc2cccc3cccnc23)c(C)c1. The number of rotatable bonds is 5. The summed E-state index contributed by atoms with van der Waals surface area (Å²) < 4.78 is 11.8. The second-order valence-electron chi connectivity index (χ2n) is 5.76. The zero-order chi connectivity index (χ0) is 16.2. The van der Waals surface area contributed by atoms with E-state index in [1.54, 1.807) is 6.20 Å². The molecule has 0 aliphatic heterocycles. The third-order valence-electron chi connectivity index (χ3n) is 3.79. The van der Waals surface area contributed by atoms with Gasteiger partial charge in [-0.15, -0.1) is 0 Å². The number of benzene rings is 2. The zero-order valence-corrected chi connectivity index (χ0v) is 13.8. The number of nitrogens with zero attached hydrogens (tertiary/aromatic N) is 1. The molecular formula is C20H21NO2. The van der Waals surface area contributed by atoms with Crippen molar-refractivity contribution in [3.8, 4) is 11.5 Å². The van der Waals surface area contributed by atoms with Crippen molar-refractivity contribution in [2.75, 3.05) is 13.2 Å². The maximum absolute atomic E-state index is 5.91. The van der Waals surface area contributed by atoms with E-state index in [-0.39, 0.29) is 0 Å². The molecule has 3 heteroatoms. The van der Waals surface area contributed by atoms with Crippen molar-refractivity contribution in [2.45, 2.75) is 20.8 Å². The first-order chi connectivity index (χ1) is 11.1. The van der Waals surface area contributed by atoms with Crippen LogP contribution in [0.1, 0.15) is 16.7 Å². The summed E-state index contributed by atoms with van der Waals surface area (Å²) in [5, 5.41) is 1.08. The van der Waals surface area contributed by atoms with Gasteiger partial charge in [0.15, 0.2) is 0 Å².